The molecule has 1 amide bonds. The Bertz CT molecular complexity index is 1200. The standard InChI is InChI=1S/C24H31N5O3/c1-24(2,3)16-29-20-10-9-19(25-21(20)26(4)22(29)30)17-7-6-8-18(15-17)27-11-13-28(14-12-27)23(31)32-5/h6-10,15H,11-14,16H2,1-5H3. The molecule has 32 heavy (non-hydrogen) atoms. The van der Waals surface area contributed by atoms with Crippen LogP contribution in [0, 0.1) is 5.41 Å². The van der Waals surface area contributed by atoms with Crippen LogP contribution in [0.3, 0.4) is 0 Å². The highest BCUT2D eigenvalue weighted by molar-refractivity contribution is 5.77. The van der Waals surface area contributed by atoms with Crippen molar-refractivity contribution >= 4 is 22.9 Å². The summed E-state index contributed by atoms with van der Waals surface area (Å²) in [5, 5.41) is 0. The Morgan fingerprint density at radius 1 is 1.09 bits per heavy atom. The topological polar surface area (TPSA) is 72.6 Å². The number of piperazine rings is 1. The van der Waals surface area contributed by atoms with Gasteiger partial charge in [0.25, 0.3) is 0 Å². The number of carbonyl (C=O) groups excluding carboxylic acids is 1. The van der Waals surface area contributed by atoms with Gasteiger partial charge < -0.3 is 14.5 Å². The second kappa shape index (κ2) is 8.33. The maximum Gasteiger partial charge on any atom is 0.409 e. The molecule has 0 unspecified atom stereocenters. The number of methoxy groups -OCH3 is 1. The number of aryl methyl sites for hydroxylation is 1. The van der Waals surface area contributed by atoms with E-state index in [1.54, 1.807) is 16.5 Å². The first-order valence-electron chi connectivity index (χ1n) is 10.9. The summed E-state index contributed by atoms with van der Waals surface area (Å²) in [6.45, 7) is 9.75. The summed E-state index contributed by atoms with van der Waals surface area (Å²) in [6, 6.07) is 12.2. The van der Waals surface area contributed by atoms with Crippen LogP contribution in [0.5, 0.6) is 0 Å². The molecule has 0 aliphatic carbocycles. The third kappa shape index (κ3) is 4.22. The lowest BCUT2D eigenvalue weighted by atomic mass is 9.97. The van der Waals surface area contributed by atoms with E-state index in [2.05, 4.69) is 37.8 Å². The average Bonchev–Trinajstić information content (AvgIpc) is 3.02. The molecule has 1 saturated heterocycles. The van der Waals surface area contributed by atoms with Crippen LogP contribution in [0.4, 0.5) is 10.5 Å². The molecule has 2 aromatic heterocycles. The van der Waals surface area contributed by atoms with Crippen LogP contribution in [0.1, 0.15) is 20.8 Å². The number of hydrogen-bond acceptors (Lipinski definition) is 5. The number of ether oxygens (including phenoxy) is 1. The fourth-order valence-corrected chi connectivity index (χ4v) is 4.20. The number of pyridine rings is 1. The summed E-state index contributed by atoms with van der Waals surface area (Å²) >= 11 is 0. The van der Waals surface area contributed by atoms with Gasteiger partial charge in [-0.15, -0.1) is 0 Å². The predicted molar refractivity (Wildman–Crippen MR) is 126 cm³/mol. The van der Waals surface area contributed by atoms with E-state index < -0.39 is 0 Å². The minimum absolute atomic E-state index is 0.0109. The van der Waals surface area contributed by atoms with Crippen LogP contribution in [0.25, 0.3) is 22.4 Å². The smallest absolute Gasteiger partial charge is 0.409 e. The Kier molecular flexibility index (Phi) is 5.71. The van der Waals surface area contributed by atoms with Gasteiger partial charge in [0.05, 0.1) is 18.3 Å². The quantitative estimate of drug-likeness (QED) is 0.628. The number of rotatable bonds is 3. The van der Waals surface area contributed by atoms with Gasteiger partial charge in [-0.05, 0) is 29.7 Å². The number of aromatic nitrogens is 3. The molecule has 0 atom stereocenters. The molecule has 0 N–H and O–H groups in total. The molecule has 0 radical (unpaired) electrons. The van der Waals surface area contributed by atoms with Gasteiger partial charge in [0.15, 0.2) is 5.65 Å². The third-order valence-electron chi connectivity index (χ3n) is 5.83. The van der Waals surface area contributed by atoms with Crippen molar-refractivity contribution < 1.29 is 9.53 Å². The molecule has 3 aromatic rings. The molecule has 8 nitrogen and oxygen atoms in total. The van der Waals surface area contributed by atoms with Gasteiger partial charge in [0, 0.05) is 51.0 Å². The summed E-state index contributed by atoms with van der Waals surface area (Å²) in [5.41, 5.74) is 4.40. The lowest BCUT2D eigenvalue weighted by Crippen LogP contribution is -2.48. The molecular weight excluding hydrogens is 406 g/mol. The molecule has 0 saturated carbocycles. The van der Waals surface area contributed by atoms with E-state index >= 15 is 0 Å². The van der Waals surface area contributed by atoms with Crippen molar-refractivity contribution in [3.63, 3.8) is 0 Å². The Morgan fingerprint density at radius 3 is 2.47 bits per heavy atom. The summed E-state index contributed by atoms with van der Waals surface area (Å²) in [4.78, 5) is 33.4. The first-order chi connectivity index (χ1) is 15.2. The number of amides is 1. The number of fused-ring (bicyclic) bond motifs is 1. The molecule has 1 aliphatic heterocycles. The molecule has 3 heterocycles. The Hall–Kier alpha value is -3.29. The lowest BCUT2D eigenvalue weighted by Gasteiger charge is -2.35. The normalized spacial score (nSPS) is 14.8. The van der Waals surface area contributed by atoms with Crippen molar-refractivity contribution in [1.29, 1.82) is 0 Å². The largest absolute Gasteiger partial charge is 0.453 e. The maximum atomic E-state index is 12.8. The monoisotopic (exact) mass is 437 g/mol. The fraction of sp³-hybridized carbons (Fsp3) is 0.458. The van der Waals surface area contributed by atoms with Crippen LogP contribution < -0.4 is 10.6 Å². The van der Waals surface area contributed by atoms with Crippen LogP contribution >= 0.6 is 0 Å². The Balaban J connectivity index is 1.62. The van der Waals surface area contributed by atoms with E-state index in [0.717, 1.165) is 35.6 Å². The Labute approximate surface area is 188 Å². The van der Waals surface area contributed by atoms with Gasteiger partial charge in [-0.1, -0.05) is 32.9 Å². The van der Waals surface area contributed by atoms with Crippen molar-refractivity contribution in [3.05, 3.63) is 46.9 Å². The molecular formula is C24H31N5O3. The molecule has 8 heteroatoms. The fourth-order valence-electron chi connectivity index (χ4n) is 4.20. The van der Waals surface area contributed by atoms with E-state index in [1.165, 1.54) is 7.11 Å². The van der Waals surface area contributed by atoms with E-state index in [4.69, 9.17) is 9.72 Å². The second-order valence-electron chi connectivity index (χ2n) is 9.52. The number of benzene rings is 1. The highest BCUT2D eigenvalue weighted by Gasteiger charge is 2.22. The number of hydrogen-bond donors (Lipinski definition) is 0. The SMILES string of the molecule is COC(=O)N1CCN(c2cccc(-c3ccc4c(n3)n(C)c(=O)n4CC(C)(C)C)c2)CC1. The summed E-state index contributed by atoms with van der Waals surface area (Å²) in [7, 11) is 3.19. The van der Waals surface area contributed by atoms with Crippen molar-refractivity contribution in [3.8, 4) is 11.3 Å². The molecule has 4 rings (SSSR count). The van der Waals surface area contributed by atoms with Gasteiger partial charge >= 0.3 is 11.8 Å². The van der Waals surface area contributed by atoms with E-state index in [1.807, 2.05) is 28.8 Å². The summed E-state index contributed by atoms with van der Waals surface area (Å²) < 4.78 is 8.26. The summed E-state index contributed by atoms with van der Waals surface area (Å²) in [6.07, 6.45) is -0.278. The minimum Gasteiger partial charge on any atom is -0.453 e. The second-order valence-corrected chi connectivity index (χ2v) is 9.52. The van der Waals surface area contributed by atoms with Crippen molar-refractivity contribution in [2.75, 3.05) is 38.2 Å². The number of carbonyl (C=O) groups is 1. The van der Waals surface area contributed by atoms with Crippen molar-refractivity contribution in [1.82, 2.24) is 19.0 Å². The molecule has 0 bridgehead atoms. The number of anilines is 1. The van der Waals surface area contributed by atoms with E-state index in [-0.39, 0.29) is 17.2 Å². The van der Waals surface area contributed by atoms with Gasteiger partial charge in [0.1, 0.15) is 0 Å². The van der Waals surface area contributed by atoms with Crippen LogP contribution in [0.15, 0.2) is 41.2 Å². The number of nitrogens with zero attached hydrogens (tertiary/aromatic N) is 5. The van der Waals surface area contributed by atoms with E-state index in [9.17, 15) is 9.59 Å². The van der Waals surface area contributed by atoms with Gasteiger partial charge in [0.2, 0.25) is 0 Å². The van der Waals surface area contributed by atoms with Crippen molar-refractivity contribution in [2.45, 2.75) is 27.3 Å². The first-order valence-corrected chi connectivity index (χ1v) is 10.9. The third-order valence-corrected chi connectivity index (χ3v) is 5.83. The molecule has 1 aromatic carbocycles. The first kappa shape index (κ1) is 21.9. The minimum atomic E-state index is -0.278. The highest BCUT2D eigenvalue weighted by Crippen LogP contribution is 2.27. The molecule has 1 aliphatic rings. The van der Waals surface area contributed by atoms with Gasteiger partial charge in [-0.2, -0.15) is 0 Å². The van der Waals surface area contributed by atoms with Crippen LogP contribution in [0.2, 0.25) is 0 Å². The lowest BCUT2D eigenvalue weighted by molar-refractivity contribution is 0.121. The van der Waals surface area contributed by atoms with E-state index in [0.29, 0.717) is 25.3 Å². The average molecular weight is 438 g/mol. The van der Waals surface area contributed by atoms with Crippen molar-refractivity contribution in [2.24, 2.45) is 12.5 Å². The summed E-state index contributed by atoms with van der Waals surface area (Å²) in [5.74, 6) is 0. The van der Waals surface area contributed by atoms with Gasteiger partial charge in [-0.3, -0.25) is 9.13 Å². The predicted octanol–water partition coefficient (Wildman–Crippen LogP) is 3.34. The molecule has 1 fully saturated rings. The van der Waals surface area contributed by atoms with Crippen LogP contribution in [-0.2, 0) is 18.3 Å². The van der Waals surface area contributed by atoms with Gasteiger partial charge in [-0.25, -0.2) is 14.6 Å². The highest BCUT2D eigenvalue weighted by atomic mass is 16.5. The molecule has 170 valence electrons. The van der Waals surface area contributed by atoms with Crippen LogP contribution in [-0.4, -0.2) is 58.4 Å². The zero-order chi connectivity index (χ0) is 23.0. The zero-order valence-electron chi connectivity index (χ0n) is 19.5. The Morgan fingerprint density at radius 2 is 1.81 bits per heavy atom. The zero-order valence-corrected chi connectivity index (χ0v) is 19.5. The maximum absolute atomic E-state index is 12.8. The number of imidazole rings is 1. The molecule has 0 spiro atoms.